The highest BCUT2D eigenvalue weighted by molar-refractivity contribution is 5.11. The zero-order valence-electron chi connectivity index (χ0n) is 16.8. The maximum absolute atomic E-state index is 4.65. The summed E-state index contributed by atoms with van der Waals surface area (Å²) >= 11 is 0. The van der Waals surface area contributed by atoms with Crippen molar-refractivity contribution in [2.45, 2.75) is 104 Å². The lowest BCUT2D eigenvalue weighted by Crippen LogP contribution is -2.25. The highest BCUT2D eigenvalue weighted by Crippen LogP contribution is 2.47. The van der Waals surface area contributed by atoms with Crippen LogP contribution in [0.1, 0.15) is 104 Å². The average Bonchev–Trinajstić information content (AvgIpc) is 2.67. The second-order valence-corrected chi connectivity index (χ2v) is 9.98. The lowest BCUT2D eigenvalue weighted by Gasteiger charge is -2.36. The molecule has 0 spiro atoms. The molecule has 0 N–H and O–H groups in total. The first-order valence-corrected chi connectivity index (χ1v) is 10.7. The third kappa shape index (κ3) is 5.78. The molecule has 0 aromatic rings. The molecule has 24 heavy (non-hydrogen) atoms. The van der Waals surface area contributed by atoms with Crippen molar-refractivity contribution in [3.8, 4) is 0 Å². The monoisotopic (exact) mass is 330 g/mol. The zero-order valence-corrected chi connectivity index (χ0v) is 16.8. The van der Waals surface area contributed by atoms with Crippen LogP contribution in [0.3, 0.4) is 0 Å². The van der Waals surface area contributed by atoms with Crippen molar-refractivity contribution in [1.82, 2.24) is 0 Å². The van der Waals surface area contributed by atoms with Crippen LogP contribution in [0.25, 0.3) is 0 Å². The van der Waals surface area contributed by atoms with Crippen LogP contribution in [0.5, 0.6) is 0 Å². The molecular formula is C24H42. The van der Waals surface area contributed by atoms with E-state index in [1.807, 2.05) is 0 Å². The Kier molecular flexibility index (Phi) is 7.20. The van der Waals surface area contributed by atoms with Crippen LogP contribution in [0.15, 0.2) is 24.8 Å². The van der Waals surface area contributed by atoms with E-state index in [0.29, 0.717) is 5.41 Å². The number of hydrogen-bond donors (Lipinski definition) is 0. The van der Waals surface area contributed by atoms with Gasteiger partial charge in [0.1, 0.15) is 0 Å². The Morgan fingerprint density at radius 2 is 1.46 bits per heavy atom. The number of allylic oxidation sites excluding steroid dienone is 2. The Bertz CT molecular complexity index is 406. The number of hydrogen-bond acceptors (Lipinski definition) is 0. The summed E-state index contributed by atoms with van der Waals surface area (Å²) in [5, 5.41) is 0. The predicted molar refractivity (Wildman–Crippen MR) is 108 cm³/mol. The quantitative estimate of drug-likeness (QED) is 0.449. The molecule has 0 aromatic heterocycles. The van der Waals surface area contributed by atoms with Crippen molar-refractivity contribution >= 4 is 0 Å². The molecule has 138 valence electrons. The van der Waals surface area contributed by atoms with E-state index in [1.165, 1.54) is 82.6 Å². The van der Waals surface area contributed by atoms with Crippen LogP contribution >= 0.6 is 0 Å². The van der Waals surface area contributed by atoms with Gasteiger partial charge in [-0.25, -0.2) is 0 Å². The molecule has 2 rings (SSSR count). The number of rotatable bonds is 2. The highest BCUT2D eigenvalue weighted by Gasteiger charge is 2.35. The molecule has 2 aliphatic carbocycles. The fourth-order valence-corrected chi connectivity index (χ4v) is 5.29. The molecule has 2 saturated carbocycles. The van der Waals surface area contributed by atoms with Crippen LogP contribution in [0.2, 0.25) is 0 Å². The van der Waals surface area contributed by atoms with Gasteiger partial charge in [0.15, 0.2) is 0 Å². The van der Waals surface area contributed by atoms with Crippen LogP contribution in [0, 0.1) is 22.7 Å². The minimum atomic E-state index is 0.258. The highest BCUT2D eigenvalue weighted by atomic mass is 14.4. The molecular weight excluding hydrogens is 288 g/mol. The van der Waals surface area contributed by atoms with Gasteiger partial charge in [0, 0.05) is 0 Å². The Labute approximate surface area is 152 Å². The molecule has 0 aromatic carbocycles. The van der Waals surface area contributed by atoms with Gasteiger partial charge in [-0.2, -0.15) is 0 Å². The van der Waals surface area contributed by atoms with Gasteiger partial charge in [-0.1, -0.05) is 83.9 Å². The van der Waals surface area contributed by atoms with E-state index >= 15 is 0 Å². The molecule has 0 heterocycles. The largest absolute Gasteiger partial charge is 0.103 e. The van der Waals surface area contributed by atoms with Crippen molar-refractivity contribution in [3.05, 3.63) is 24.8 Å². The summed E-state index contributed by atoms with van der Waals surface area (Å²) in [6.45, 7) is 16.2. The molecule has 0 amide bonds. The van der Waals surface area contributed by atoms with Gasteiger partial charge in [-0.15, -0.1) is 6.58 Å². The fraction of sp³-hybridized carbons (Fsp3) is 0.833. The molecule has 0 saturated heterocycles. The van der Waals surface area contributed by atoms with E-state index in [0.717, 1.165) is 18.3 Å². The van der Waals surface area contributed by atoms with E-state index in [1.54, 1.807) is 0 Å². The summed E-state index contributed by atoms with van der Waals surface area (Å²) in [6, 6.07) is 0. The molecule has 2 unspecified atom stereocenters. The van der Waals surface area contributed by atoms with E-state index in [4.69, 9.17) is 0 Å². The summed E-state index contributed by atoms with van der Waals surface area (Å²) in [5.41, 5.74) is 2.25. The maximum atomic E-state index is 4.65. The molecule has 0 radical (unpaired) electrons. The Balaban J connectivity index is 2.20. The Morgan fingerprint density at radius 3 is 2.04 bits per heavy atom. The molecule has 2 fully saturated rings. The summed E-state index contributed by atoms with van der Waals surface area (Å²) in [5.74, 6) is 1.61. The third-order valence-corrected chi connectivity index (χ3v) is 6.99. The normalized spacial score (nSPS) is 34.1. The second-order valence-electron chi connectivity index (χ2n) is 9.98. The fourth-order valence-electron chi connectivity index (χ4n) is 5.29. The van der Waals surface area contributed by atoms with Crippen LogP contribution in [0.4, 0.5) is 0 Å². The summed E-state index contributed by atoms with van der Waals surface area (Å²) < 4.78 is 0. The molecule has 0 heteroatoms. The van der Waals surface area contributed by atoms with Gasteiger partial charge < -0.3 is 0 Å². The van der Waals surface area contributed by atoms with E-state index < -0.39 is 0 Å². The van der Waals surface area contributed by atoms with Crippen LogP contribution in [-0.2, 0) is 0 Å². The van der Waals surface area contributed by atoms with Crippen LogP contribution < -0.4 is 0 Å². The molecule has 0 nitrogen and oxygen atoms in total. The van der Waals surface area contributed by atoms with Gasteiger partial charge in [-0.05, 0) is 61.2 Å². The molecule has 2 atom stereocenters. The maximum Gasteiger partial charge on any atom is -0.0112 e. The van der Waals surface area contributed by atoms with Crippen molar-refractivity contribution < 1.29 is 0 Å². The first-order valence-electron chi connectivity index (χ1n) is 10.7. The Hall–Kier alpha value is -0.520. The standard InChI is InChI=1S/C24H42/c1-6-24(5)17-13-16-23(3,4)19-22(20(2)18-24)21-14-11-9-7-8-10-12-15-21/h6,21-22H,1-2,7-19H2,3-5H3. The Morgan fingerprint density at radius 1 is 0.875 bits per heavy atom. The van der Waals surface area contributed by atoms with Crippen molar-refractivity contribution in [2.24, 2.45) is 22.7 Å². The van der Waals surface area contributed by atoms with Crippen molar-refractivity contribution in [3.63, 3.8) is 0 Å². The molecule has 2 aliphatic rings. The molecule has 0 aliphatic heterocycles. The lowest BCUT2D eigenvalue weighted by atomic mass is 9.69. The average molecular weight is 331 g/mol. The van der Waals surface area contributed by atoms with Gasteiger partial charge in [0.2, 0.25) is 0 Å². The van der Waals surface area contributed by atoms with Crippen molar-refractivity contribution in [1.29, 1.82) is 0 Å². The summed E-state index contributed by atoms with van der Waals surface area (Å²) in [7, 11) is 0. The van der Waals surface area contributed by atoms with E-state index in [9.17, 15) is 0 Å². The van der Waals surface area contributed by atoms with Gasteiger partial charge in [-0.3, -0.25) is 0 Å². The van der Waals surface area contributed by atoms with E-state index in [-0.39, 0.29) is 5.41 Å². The van der Waals surface area contributed by atoms with Crippen molar-refractivity contribution in [2.75, 3.05) is 0 Å². The lowest BCUT2D eigenvalue weighted by molar-refractivity contribution is 0.201. The SMILES string of the molecule is C=CC1(C)CCCC(C)(C)CC(C2CCCCCCCC2)C(=C)C1. The first kappa shape index (κ1) is 19.8. The smallest absolute Gasteiger partial charge is 0.0112 e. The predicted octanol–water partition coefficient (Wildman–Crippen LogP) is 8.09. The minimum Gasteiger partial charge on any atom is -0.103 e. The van der Waals surface area contributed by atoms with Crippen LogP contribution in [-0.4, -0.2) is 0 Å². The summed E-state index contributed by atoms with van der Waals surface area (Å²) in [6.07, 6.45) is 20.2. The third-order valence-electron chi connectivity index (χ3n) is 6.99. The van der Waals surface area contributed by atoms with Gasteiger partial charge in [0.05, 0.1) is 0 Å². The minimum absolute atomic E-state index is 0.258. The van der Waals surface area contributed by atoms with Gasteiger partial charge >= 0.3 is 0 Å². The first-order chi connectivity index (χ1) is 11.4. The topological polar surface area (TPSA) is 0 Å². The van der Waals surface area contributed by atoms with E-state index in [2.05, 4.69) is 40.0 Å². The molecule has 0 bridgehead atoms. The second kappa shape index (κ2) is 8.72. The summed E-state index contributed by atoms with van der Waals surface area (Å²) in [4.78, 5) is 0. The zero-order chi connectivity index (χ0) is 17.6. The van der Waals surface area contributed by atoms with Gasteiger partial charge in [0.25, 0.3) is 0 Å².